The molecule has 0 aliphatic rings. The number of carboxylic acid groups (broad SMARTS) is 1. The van der Waals surface area contributed by atoms with Crippen LogP contribution < -0.4 is 0 Å². The molecule has 1 N–H and O–H groups in total. The van der Waals surface area contributed by atoms with Crippen LogP contribution in [-0.2, 0) is 0 Å². The first-order chi connectivity index (χ1) is 6.93. The molecule has 1 rings (SSSR count). The van der Waals surface area contributed by atoms with Gasteiger partial charge in [-0.05, 0) is 18.2 Å². The second kappa shape index (κ2) is 4.51. The van der Waals surface area contributed by atoms with E-state index in [4.69, 9.17) is 28.3 Å². The summed E-state index contributed by atoms with van der Waals surface area (Å²) in [6, 6.07) is 4.23. The van der Waals surface area contributed by atoms with E-state index in [9.17, 15) is 9.59 Å². The lowest BCUT2D eigenvalue weighted by atomic mass is 10.2. The minimum Gasteiger partial charge on any atom is -0.465 e. The molecule has 0 aliphatic heterocycles. The van der Waals surface area contributed by atoms with Crippen molar-refractivity contribution in [2.75, 3.05) is 7.05 Å². The van der Waals surface area contributed by atoms with Gasteiger partial charge < -0.3 is 5.11 Å². The van der Waals surface area contributed by atoms with Gasteiger partial charge in [0.1, 0.15) is 0 Å². The van der Waals surface area contributed by atoms with E-state index in [1.54, 1.807) is 0 Å². The molecule has 0 heterocycles. The molecule has 0 fully saturated rings. The van der Waals surface area contributed by atoms with Gasteiger partial charge in [0.2, 0.25) is 0 Å². The van der Waals surface area contributed by atoms with Crippen LogP contribution in [0.25, 0.3) is 0 Å². The number of carbonyl (C=O) groups is 2. The number of hydrogen-bond acceptors (Lipinski definition) is 2. The van der Waals surface area contributed by atoms with E-state index in [0.29, 0.717) is 9.92 Å². The predicted molar refractivity (Wildman–Crippen MR) is 56.6 cm³/mol. The second-order valence-corrected chi connectivity index (χ2v) is 3.61. The molecule has 2 amide bonds. The molecule has 6 heteroatoms. The van der Waals surface area contributed by atoms with Crippen LogP contribution in [0.15, 0.2) is 18.2 Å². The van der Waals surface area contributed by atoms with E-state index in [1.807, 2.05) is 0 Å². The molecule has 0 aliphatic carbocycles. The number of benzene rings is 1. The molecule has 15 heavy (non-hydrogen) atoms. The zero-order chi connectivity index (χ0) is 11.6. The van der Waals surface area contributed by atoms with Crippen LogP contribution >= 0.6 is 23.2 Å². The number of carbonyl (C=O) groups excluding carboxylic acids is 1. The van der Waals surface area contributed by atoms with Gasteiger partial charge in [-0.15, -0.1) is 0 Å². The van der Waals surface area contributed by atoms with Crippen molar-refractivity contribution in [3.05, 3.63) is 33.8 Å². The third kappa shape index (κ3) is 2.61. The first-order valence-corrected chi connectivity index (χ1v) is 4.65. The molecule has 0 radical (unpaired) electrons. The summed E-state index contributed by atoms with van der Waals surface area (Å²) >= 11 is 11.4. The van der Waals surface area contributed by atoms with Crippen LogP contribution in [0.5, 0.6) is 0 Å². The Kier molecular flexibility index (Phi) is 3.55. The summed E-state index contributed by atoms with van der Waals surface area (Å²) in [5.41, 5.74) is 0.103. The fourth-order valence-electron chi connectivity index (χ4n) is 0.930. The van der Waals surface area contributed by atoms with Crippen molar-refractivity contribution in [2.45, 2.75) is 0 Å². The summed E-state index contributed by atoms with van der Waals surface area (Å²) in [5, 5.41) is 9.10. The zero-order valence-electron chi connectivity index (χ0n) is 7.70. The van der Waals surface area contributed by atoms with E-state index >= 15 is 0 Å². The number of nitrogens with zero attached hydrogens (tertiary/aromatic N) is 1. The number of hydrogen-bond donors (Lipinski definition) is 1. The minimum atomic E-state index is -1.34. The monoisotopic (exact) mass is 247 g/mol. The summed E-state index contributed by atoms with van der Waals surface area (Å²) in [7, 11) is 1.15. The maximum Gasteiger partial charge on any atom is 0.414 e. The standard InChI is InChI=1S/C9H7Cl2NO3/c1-12(9(14)15)8(13)6-3-2-5(10)4-7(6)11/h2-4H,1H3,(H,14,15). The van der Waals surface area contributed by atoms with Gasteiger partial charge in [0, 0.05) is 12.1 Å². The molecule has 0 saturated heterocycles. The van der Waals surface area contributed by atoms with Crippen molar-refractivity contribution in [1.82, 2.24) is 4.90 Å². The van der Waals surface area contributed by atoms with Gasteiger partial charge in [-0.2, -0.15) is 0 Å². The fourth-order valence-corrected chi connectivity index (χ4v) is 1.42. The van der Waals surface area contributed by atoms with Crippen molar-refractivity contribution >= 4 is 35.2 Å². The van der Waals surface area contributed by atoms with Gasteiger partial charge in [0.15, 0.2) is 0 Å². The Hall–Kier alpha value is -1.26. The van der Waals surface area contributed by atoms with E-state index in [2.05, 4.69) is 0 Å². The molecule has 0 unspecified atom stereocenters. The van der Waals surface area contributed by atoms with Gasteiger partial charge in [-0.1, -0.05) is 23.2 Å². The largest absolute Gasteiger partial charge is 0.465 e. The smallest absolute Gasteiger partial charge is 0.414 e. The Morgan fingerprint density at radius 2 is 1.93 bits per heavy atom. The van der Waals surface area contributed by atoms with Crippen molar-refractivity contribution < 1.29 is 14.7 Å². The lowest BCUT2D eigenvalue weighted by Gasteiger charge is -2.11. The Labute approximate surface area is 96.0 Å². The van der Waals surface area contributed by atoms with Crippen LogP contribution in [0.2, 0.25) is 10.0 Å². The predicted octanol–water partition coefficient (Wildman–Crippen LogP) is 2.74. The Bertz CT molecular complexity index is 420. The van der Waals surface area contributed by atoms with Gasteiger partial charge in [-0.3, -0.25) is 4.79 Å². The molecule has 0 spiro atoms. The van der Waals surface area contributed by atoms with Crippen molar-refractivity contribution in [2.24, 2.45) is 0 Å². The molecule has 4 nitrogen and oxygen atoms in total. The third-order valence-electron chi connectivity index (χ3n) is 1.75. The average molecular weight is 248 g/mol. The van der Waals surface area contributed by atoms with Crippen LogP contribution in [0.4, 0.5) is 4.79 Å². The Morgan fingerprint density at radius 3 is 2.40 bits per heavy atom. The number of rotatable bonds is 1. The molecule has 0 aromatic heterocycles. The third-order valence-corrected chi connectivity index (χ3v) is 2.30. The Balaban J connectivity index is 3.07. The summed E-state index contributed by atoms with van der Waals surface area (Å²) in [6.45, 7) is 0. The van der Waals surface area contributed by atoms with Crippen LogP contribution in [-0.4, -0.2) is 29.1 Å². The first-order valence-electron chi connectivity index (χ1n) is 3.89. The van der Waals surface area contributed by atoms with Gasteiger partial charge in [-0.25, -0.2) is 9.69 Å². The highest BCUT2D eigenvalue weighted by molar-refractivity contribution is 6.36. The highest BCUT2D eigenvalue weighted by Gasteiger charge is 2.19. The first kappa shape index (κ1) is 11.8. The topological polar surface area (TPSA) is 57.6 Å². The molecule has 80 valence electrons. The maximum atomic E-state index is 11.5. The van der Waals surface area contributed by atoms with Crippen molar-refractivity contribution in [3.63, 3.8) is 0 Å². The lowest BCUT2D eigenvalue weighted by molar-refractivity contribution is 0.0782. The zero-order valence-corrected chi connectivity index (χ0v) is 9.21. The Morgan fingerprint density at radius 1 is 1.33 bits per heavy atom. The maximum absolute atomic E-state index is 11.5. The van der Waals surface area contributed by atoms with Gasteiger partial charge in [0.25, 0.3) is 5.91 Å². The minimum absolute atomic E-state index is 0.103. The summed E-state index contributed by atoms with van der Waals surface area (Å²) < 4.78 is 0. The van der Waals surface area contributed by atoms with E-state index in [0.717, 1.165) is 7.05 Å². The summed E-state index contributed by atoms with van der Waals surface area (Å²) in [6.07, 6.45) is -1.34. The fraction of sp³-hybridized carbons (Fsp3) is 0.111. The summed E-state index contributed by atoms with van der Waals surface area (Å²) in [5.74, 6) is -0.691. The molecular weight excluding hydrogens is 241 g/mol. The van der Waals surface area contributed by atoms with Gasteiger partial charge in [0.05, 0.1) is 10.6 Å². The van der Waals surface area contributed by atoms with E-state index < -0.39 is 12.0 Å². The molecule has 1 aromatic rings. The normalized spacial score (nSPS) is 9.80. The molecule has 0 bridgehead atoms. The van der Waals surface area contributed by atoms with Crippen LogP contribution in [0.1, 0.15) is 10.4 Å². The van der Waals surface area contributed by atoms with Crippen molar-refractivity contribution in [3.8, 4) is 0 Å². The second-order valence-electron chi connectivity index (χ2n) is 2.77. The number of halogens is 2. The average Bonchev–Trinajstić information content (AvgIpc) is 2.15. The summed E-state index contributed by atoms with van der Waals surface area (Å²) in [4.78, 5) is 22.6. The van der Waals surface area contributed by atoms with Crippen molar-refractivity contribution in [1.29, 1.82) is 0 Å². The number of amides is 2. The molecular formula is C9H7Cl2NO3. The van der Waals surface area contributed by atoms with Crippen LogP contribution in [0.3, 0.4) is 0 Å². The van der Waals surface area contributed by atoms with Gasteiger partial charge >= 0.3 is 6.09 Å². The lowest BCUT2D eigenvalue weighted by Crippen LogP contribution is -2.31. The van der Waals surface area contributed by atoms with E-state index in [-0.39, 0.29) is 10.6 Å². The quantitative estimate of drug-likeness (QED) is 0.831. The SMILES string of the molecule is CN(C(=O)O)C(=O)c1ccc(Cl)cc1Cl. The molecule has 1 aromatic carbocycles. The molecule has 0 atom stereocenters. The van der Waals surface area contributed by atoms with Crippen LogP contribution in [0, 0.1) is 0 Å². The van der Waals surface area contributed by atoms with E-state index in [1.165, 1.54) is 18.2 Å². The molecule has 0 saturated carbocycles. The highest BCUT2D eigenvalue weighted by Crippen LogP contribution is 2.21. The number of imide groups is 1. The highest BCUT2D eigenvalue weighted by atomic mass is 35.5.